The van der Waals surface area contributed by atoms with E-state index >= 15 is 0 Å². The molecular formula is C27H28ClN3O4S. The van der Waals surface area contributed by atoms with Gasteiger partial charge in [0.05, 0.1) is 12.8 Å². The topological polar surface area (TPSA) is 92.6 Å². The van der Waals surface area contributed by atoms with Crippen molar-refractivity contribution in [3.63, 3.8) is 0 Å². The molecule has 0 spiro atoms. The summed E-state index contributed by atoms with van der Waals surface area (Å²) in [5.74, 6) is 1.14. The third kappa shape index (κ3) is 7.69. The summed E-state index contributed by atoms with van der Waals surface area (Å²) in [6.07, 6.45) is 5.09. The van der Waals surface area contributed by atoms with Crippen molar-refractivity contribution in [2.45, 2.75) is 33.1 Å². The van der Waals surface area contributed by atoms with Gasteiger partial charge < -0.3 is 19.8 Å². The van der Waals surface area contributed by atoms with Crippen LogP contribution in [-0.2, 0) is 9.59 Å². The van der Waals surface area contributed by atoms with Crippen LogP contribution in [0.4, 0.5) is 11.4 Å². The van der Waals surface area contributed by atoms with E-state index in [1.165, 1.54) is 13.2 Å². The number of methoxy groups -OCH3 is 1. The molecule has 7 nitrogen and oxygen atoms in total. The summed E-state index contributed by atoms with van der Waals surface area (Å²) < 4.78 is 11.2. The number of rotatable bonds is 9. The highest BCUT2D eigenvalue weighted by molar-refractivity contribution is 7.80. The maximum atomic E-state index is 12.3. The standard InChI is InChI=1S/C27H28ClN3O4S/c1-4-5-6-25(32)30-22-12-9-19(16-24(22)34-3)29-27(36)31-26(33)14-11-20-10-13-23(35-20)18-8-7-17(2)21(28)15-18/h7-16H,4-6H2,1-3H3,(H,30,32)(H2,29,31,33,36)/b14-11+. The van der Waals surface area contributed by atoms with Crippen molar-refractivity contribution in [3.8, 4) is 17.1 Å². The predicted molar refractivity (Wildman–Crippen MR) is 148 cm³/mol. The molecule has 188 valence electrons. The number of halogens is 1. The lowest BCUT2D eigenvalue weighted by atomic mass is 10.1. The molecule has 0 aliphatic carbocycles. The van der Waals surface area contributed by atoms with Crippen molar-refractivity contribution < 1.29 is 18.7 Å². The second-order valence-corrected chi connectivity index (χ2v) is 8.82. The summed E-state index contributed by atoms with van der Waals surface area (Å²) in [6.45, 7) is 3.96. The van der Waals surface area contributed by atoms with Crippen LogP contribution in [-0.4, -0.2) is 24.0 Å². The first-order valence-corrected chi connectivity index (χ1v) is 12.2. The Balaban J connectivity index is 1.55. The third-order valence-electron chi connectivity index (χ3n) is 5.21. The van der Waals surface area contributed by atoms with Crippen LogP contribution in [0.15, 0.2) is 59.0 Å². The smallest absolute Gasteiger partial charge is 0.250 e. The molecule has 0 fully saturated rings. The number of amides is 2. The van der Waals surface area contributed by atoms with Crippen LogP contribution in [0.5, 0.6) is 5.75 Å². The number of ether oxygens (including phenoxy) is 1. The summed E-state index contributed by atoms with van der Waals surface area (Å²) in [6, 6.07) is 14.4. The highest BCUT2D eigenvalue weighted by atomic mass is 35.5. The molecule has 0 saturated carbocycles. The van der Waals surface area contributed by atoms with E-state index in [9.17, 15) is 9.59 Å². The number of nitrogens with one attached hydrogen (secondary N) is 3. The Morgan fingerprint density at radius 1 is 1.11 bits per heavy atom. The van der Waals surface area contributed by atoms with Crippen LogP contribution in [0.3, 0.4) is 0 Å². The molecule has 1 heterocycles. The van der Waals surface area contributed by atoms with Gasteiger partial charge >= 0.3 is 0 Å². The van der Waals surface area contributed by atoms with Crippen LogP contribution in [0.25, 0.3) is 17.4 Å². The van der Waals surface area contributed by atoms with Crippen molar-refractivity contribution in [2.24, 2.45) is 0 Å². The van der Waals surface area contributed by atoms with Crippen LogP contribution < -0.4 is 20.7 Å². The van der Waals surface area contributed by atoms with Crippen molar-refractivity contribution in [3.05, 3.63) is 71.0 Å². The maximum absolute atomic E-state index is 12.3. The molecule has 0 unspecified atom stereocenters. The van der Waals surface area contributed by atoms with Gasteiger partial charge in [0.15, 0.2) is 5.11 Å². The van der Waals surface area contributed by atoms with Crippen molar-refractivity contribution in [1.82, 2.24) is 5.32 Å². The van der Waals surface area contributed by atoms with Gasteiger partial charge in [-0.05, 0) is 67.5 Å². The Kier molecular flexibility index (Phi) is 9.67. The van der Waals surface area contributed by atoms with Gasteiger partial charge in [-0.3, -0.25) is 14.9 Å². The molecule has 9 heteroatoms. The summed E-state index contributed by atoms with van der Waals surface area (Å²) in [5.41, 5.74) is 2.99. The van der Waals surface area contributed by atoms with Gasteiger partial charge in [-0.25, -0.2) is 0 Å². The number of hydrogen-bond acceptors (Lipinski definition) is 5. The Bertz CT molecular complexity index is 1290. The number of carbonyl (C=O) groups excluding carboxylic acids is 2. The fourth-order valence-corrected chi connectivity index (χ4v) is 3.64. The predicted octanol–water partition coefficient (Wildman–Crippen LogP) is 6.57. The second-order valence-electron chi connectivity index (χ2n) is 8.01. The molecule has 3 aromatic rings. The van der Waals surface area contributed by atoms with Crippen molar-refractivity contribution in [2.75, 3.05) is 17.7 Å². The Morgan fingerprint density at radius 2 is 1.92 bits per heavy atom. The van der Waals surface area contributed by atoms with E-state index in [0.717, 1.165) is 24.0 Å². The lowest BCUT2D eigenvalue weighted by molar-refractivity contribution is -0.116. The minimum atomic E-state index is -0.421. The van der Waals surface area contributed by atoms with Gasteiger partial charge in [0.1, 0.15) is 17.3 Å². The van der Waals surface area contributed by atoms with Gasteiger partial charge in [0.25, 0.3) is 0 Å². The summed E-state index contributed by atoms with van der Waals surface area (Å²) in [7, 11) is 1.51. The van der Waals surface area contributed by atoms with Gasteiger partial charge in [-0.2, -0.15) is 0 Å². The zero-order valence-electron chi connectivity index (χ0n) is 20.3. The fourth-order valence-electron chi connectivity index (χ4n) is 3.24. The quantitative estimate of drug-likeness (QED) is 0.216. The molecule has 0 aliphatic rings. The highest BCUT2D eigenvalue weighted by Gasteiger charge is 2.10. The Morgan fingerprint density at radius 3 is 2.64 bits per heavy atom. The fraction of sp³-hybridized carbons (Fsp3) is 0.222. The van der Waals surface area contributed by atoms with Gasteiger partial charge in [0, 0.05) is 34.8 Å². The number of aryl methyl sites for hydroxylation is 1. The zero-order valence-corrected chi connectivity index (χ0v) is 21.9. The van der Waals surface area contributed by atoms with Gasteiger partial charge in [-0.1, -0.05) is 37.1 Å². The average molecular weight is 526 g/mol. The Hall–Kier alpha value is -3.62. The SMILES string of the molecule is CCCCC(=O)Nc1ccc(NC(=S)NC(=O)/C=C/c2ccc(-c3ccc(C)c(Cl)c3)o2)cc1OC. The molecule has 3 rings (SSSR count). The minimum absolute atomic E-state index is 0.0724. The number of anilines is 2. The van der Waals surface area contributed by atoms with E-state index in [2.05, 4.69) is 16.0 Å². The molecule has 0 bridgehead atoms. The van der Waals surface area contributed by atoms with E-state index in [1.54, 1.807) is 30.3 Å². The largest absolute Gasteiger partial charge is 0.494 e. The number of carbonyl (C=O) groups is 2. The molecule has 3 N–H and O–H groups in total. The minimum Gasteiger partial charge on any atom is -0.494 e. The van der Waals surface area contributed by atoms with E-state index < -0.39 is 5.91 Å². The Labute approximate surface area is 220 Å². The summed E-state index contributed by atoms with van der Waals surface area (Å²) in [4.78, 5) is 24.3. The molecule has 0 atom stereocenters. The first kappa shape index (κ1) is 27.0. The number of unbranched alkanes of at least 4 members (excludes halogenated alkanes) is 1. The third-order valence-corrected chi connectivity index (χ3v) is 5.82. The summed E-state index contributed by atoms with van der Waals surface area (Å²) >= 11 is 11.4. The number of hydrogen-bond donors (Lipinski definition) is 3. The number of thiocarbonyl (C=S) groups is 1. The van der Waals surface area contributed by atoms with Gasteiger partial charge in [-0.15, -0.1) is 0 Å². The molecule has 0 aliphatic heterocycles. The molecule has 2 aromatic carbocycles. The second kappa shape index (κ2) is 12.9. The first-order valence-electron chi connectivity index (χ1n) is 11.4. The molecule has 36 heavy (non-hydrogen) atoms. The van der Waals surface area contributed by atoms with Crippen LogP contribution in [0.2, 0.25) is 5.02 Å². The van der Waals surface area contributed by atoms with Crippen molar-refractivity contribution in [1.29, 1.82) is 0 Å². The van der Waals surface area contributed by atoms with Crippen LogP contribution >= 0.6 is 23.8 Å². The lowest BCUT2D eigenvalue weighted by Crippen LogP contribution is -2.32. The number of furan rings is 1. The monoisotopic (exact) mass is 525 g/mol. The van der Waals surface area contributed by atoms with E-state index in [1.807, 2.05) is 38.1 Å². The molecule has 0 saturated heterocycles. The van der Waals surface area contributed by atoms with E-state index in [0.29, 0.717) is 40.1 Å². The average Bonchev–Trinajstić information content (AvgIpc) is 3.33. The molecule has 1 aromatic heterocycles. The zero-order chi connectivity index (χ0) is 26.1. The number of benzene rings is 2. The van der Waals surface area contributed by atoms with E-state index in [-0.39, 0.29) is 11.0 Å². The van der Waals surface area contributed by atoms with Gasteiger partial charge in [0.2, 0.25) is 11.8 Å². The molecular weight excluding hydrogens is 498 g/mol. The van der Waals surface area contributed by atoms with Crippen molar-refractivity contribution >= 4 is 58.2 Å². The van der Waals surface area contributed by atoms with Crippen LogP contribution in [0.1, 0.15) is 37.5 Å². The maximum Gasteiger partial charge on any atom is 0.250 e. The van der Waals surface area contributed by atoms with E-state index in [4.69, 9.17) is 33.0 Å². The summed E-state index contributed by atoms with van der Waals surface area (Å²) in [5, 5.41) is 9.13. The lowest BCUT2D eigenvalue weighted by Gasteiger charge is -2.13. The van der Waals surface area contributed by atoms with Crippen LogP contribution in [0, 0.1) is 6.92 Å². The molecule has 0 radical (unpaired) electrons. The molecule has 2 amide bonds. The first-order chi connectivity index (χ1) is 17.3. The highest BCUT2D eigenvalue weighted by Crippen LogP contribution is 2.29. The normalized spacial score (nSPS) is 10.8.